The van der Waals surface area contributed by atoms with Gasteiger partial charge in [-0.3, -0.25) is 0 Å². The minimum Gasteiger partial charge on any atom is -0.392 e. The van der Waals surface area contributed by atoms with Crippen LogP contribution < -0.4 is 0 Å². The highest BCUT2D eigenvalue weighted by molar-refractivity contribution is 7.19. The first-order valence-electron chi connectivity index (χ1n) is 6.18. The van der Waals surface area contributed by atoms with Crippen LogP contribution in [0.5, 0.6) is 0 Å². The Balaban J connectivity index is 1.85. The zero-order valence-electron chi connectivity index (χ0n) is 10.6. The summed E-state index contributed by atoms with van der Waals surface area (Å²) in [6.07, 6.45) is 3.87. The van der Waals surface area contributed by atoms with Gasteiger partial charge >= 0.3 is 0 Å². The van der Waals surface area contributed by atoms with E-state index in [2.05, 4.69) is 4.98 Å². The van der Waals surface area contributed by atoms with Crippen molar-refractivity contribution < 1.29 is 9.50 Å². The first kappa shape index (κ1) is 13.0. The Hall–Kier alpha value is -2.04. The van der Waals surface area contributed by atoms with E-state index in [0.29, 0.717) is 5.52 Å². The third-order valence-corrected chi connectivity index (χ3v) is 3.95. The molecule has 0 unspecified atom stereocenters. The summed E-state index contributed by atoms with van der Waals surface area (Å²) in [5.41, 5.74) is 2.61. The molecule has 1 aromatic heterocycles. The van der Waals surface area contributed by atoms with Gasteiger partial charge in [0.05, 0.1) is 16.8 Å². The van der Waals surface area contributed by atoms with Crippen molar-refractivity contribution in [3.05, 3.63) is 64.4 Å². The summed E-state index contributed by atoms with van der Waals surface area (Å²) >= 11 is 1.53. The molecule has 1 heterocycles. The second-order valence-electron chi connectivity index (χ2n) is 4.40. The summed E-state index contributed by atoms with van der Waals surface area (Å²) in [6, 6.07) is 12.3. The number of hydrogen-bond donors (Lipinski definition) is 1. The maximum absolute atomic E-state index is 13.1. The van der Waals surface area contributed by atoms with Gasteiger partial charge in [-0.1, -0.05) is 30.3 Å². The highest BCUT2D eigenvalue weighted by atomic mass is 32.1. The normalized spacial score (nSPS) is 11.5. The van der Waals surface area contributed by atoms with Crippen molar-refractivity contribution in [2.75, 3.05) is 0 Å². The number of nitrogens with zero attached hydrogens (tertiary/aromatic N) is 1. The molecule has 0 spiro atoms. The maximum Gasteiger partial charge on any atom is 0.125 e. The molecule has 0 aliphatic rings. The number of aliphatic hydroxyl groups excluding tert-OH is 1. The fourth-order valence-electron chi connectivity index (χ4n) is 1.89. The van der Waals surface area contributed by atoms with Crippen molar-refractivity contribution in [1.29, 1.82) is 0 Å². The van der Waals surface area contributed by atoms with Gasteiger partial charge < -0.3 is 5.11 Å². The van der Waals surface area contributed by atoms with E-state index in [1.54, 1.807) is 6.07 Å². The van der Waals surface area contributed by atoms with Gasteiger partial charge in [0, 0.05) is 6.07 Å². The van der Waals surface area contributed by atoms with E-state index < -0.39 is 0 Å². The Morgan fingerprint density at radius 2 is 1.90 bits per heavy atom. The lowest BCUT2D eigenvalue weighted by molar-refractivity contribution is 0.282. The van der Waals surface area contributed by atoms with Gasteiger partial charge in [0.2, 0.25) is 0 Å². The van der Waals surface area contributed by atoms with Crippen LogP contribution >= 0.6 is 11.3 Å². The molecule has 0 saturated heterocycles. The molecule has 0 saturated carbocycles. The van der Waals surface area contributed by atoms with Gasteiger partial charge in [-0.05, 0) is 29.3 Å². The average Bonchev–Trinajstić information content (AvgIpc) is 2.87. The molecule has 0 bridgehead atoms. The SMILES string of the molecule is OCc1ccc(C=Cc2nc3cc(F)ccc3s2)cc1. The third-order valence-electron chi connectivity index (χ3n) is 2.95. The van der Waals surface area contributed by atoms with Crippen LogP contribution in [-0.4, -0.2) is 10.1 Å². The van der Waals surface area contributed by atoms with Crippen LogP contribution in [0.25, 0.3) is 22.4 Å². The van der Waals surface area contributed by atoms with Gasteiger partial charge in [0.15, 0.2) is 0 Å². The molecule has 3 rings (SSSR count). The Morgan fingerprint density at radius 1 is 1.10 bits per heavy atom. The van der Waals surface area contributed by atoms with Gasteiger partial charge in [-0.15, -0.1) is 11.3 Å². The molecule has 0 atom stereocenters. The molecule has 2 aromatic carbocycles. The van der Waals surface area contributed by atoms with Crippen molar-refractivity contribution in [2.24, 2.45) is 0 Å². The van der Waals surface area contributed by atoms with Crippen molar-refractivity contribution in [3.63, 3.8) is 0 Å². The van der Waals surface area contributed by atoms with Crippen LogP contribution in [0.3, 0.4) is 0 Å². The van der Waals surface area contributed by atoms with Crippen molar-refractivity contribution in [3.8, 4) is 0 Å². The molecule has 100 valence electrons. The molecule has 3 aromatic rings. The van der Waals surface area contributed by atoms with Gasteiger partial charge in [-0.2, -0.15) is 0 Å². The number of aliphatic hydroxyl groups is 1. The van der Waals surface area contributed by atoms with Crippen LogP contribution in [0.1, 0.15) is 16.1 Å². The lowest BCUT2D eigenvalue weighted by Crippen LogP contribution is -1.81. The van der Waals surface area contributed by atoms with Crippen LogP contribution in [-0.2, 0) is 6.61 Å². The summed E-state index contributed by atoms with van der Waals surface area (Å²) in [5, 5.41) is 9.83. The number of fused-ring (bicyclic) bond motifs is 1. The Labute approximate surface area is 119 Å². The summed E-state index contributed by atoms with van der Waals surface area (Å²) in [4.78, 5) is 4.37. The van der Waals surface area contributed by atoms with Crippen molar-refractivity contribution in [2.45, 2.75) is 6.61 Å². The first-order chi connectivity index (χ1) is 9.74. The zero-order valence-corrected chi connectivity index (χ0v) is 11.4. The maximum atomic E-state index is 13.1. The molecule has 0 fully saturated rings. The van der Waals surface area contributed by atoms with E-state index in [-0.39, 0.29) is 12.4 Å². The molecule has 2 nitrogen and oxygen atoms in total. The molecule has 0 aliphatic carbocycles. The first-order valence-corrected chi connectivity index (χ1v) is 7.00. The summed E-state index contributed by atoms with van der Waals surface area (Å²) < 4.78 is 14.1. The number of hydrogen-bond acceptors (Lipinski definition) is 3. The van der Waals surface area contributed by atoms with Crippen molar-refractivity contribution >= 4 is 33.7 Å². The Morgan fingerprint density at radius 3 is 2.65 bits per heavy atom. The molecular weight excluding hydrogens is 273 g/mol. The van der Waals surface area contributed by atoms with E-state index in [4.69, 9.17) is 5.11 Å². The van der Waals surface area contributed by atoms with E-state index in [1.165, 1.54) is 23.5 Å². The van der Waals surface area contributed by atoms with E-state index in [9.17, 15) is 4.39 Å². The highest BCUT2D eigenvalue weighted by Crippen LogP contribution is 2.24. The number of benzene rings is 2. The predicted octanol–water partition coefficient (Wildman–Crippen LogP) is 4.10. The molecule has 4 heteroatoms. The summed E-state index contributed by atoms with van der Waals surface area (Å²) in [6.45, 7) is 0.0490. The van der Waals surface area contributed by atoms with Crippen molar-refractivity contribution in [1.82, 2.24) is 4.98 Å². The lowest BCUT2D eigenvalue weighted by atomic mass is 10.1. The van der Waals surface area contributed by atoms with Crippen LogP contribution in [0.2, 0.25) is 0 Å². The predicted molar refractivity (Wildman–Crippen MR) is 80.9 cm³/mol. The zero-order chi connectivity index (χ0) is 13.9. The number of aromatic nitrogens is 1. The van der Waals surface area contributed by atoms with Gasteiger partial charge in [-0.25, -0.2) is 9.37 Å². The fraction of sp³-hybridized carbons (Fsp3) is 0.0625. The highest BCUT2D eigenvalue weighted by Gasteiger charge is 2.02. The van der Waals surface area contributed by atoms with Crippen LogP contribution in [0.15, 0.2) is 42.5 Å². The molecule has 0 aliphatic heterocycles. The van der Waals surface area contributed by atoms with Gasteiger partial charge in [0.25, 0.3) is 0 Å². The minimum atomic E-state index is -0.266. The largest absolute Gasteiger partial charge is 0.392 e. The smallest absolute Gasteiger partial charge is 0.125 e. The monoisotopic (exact) mass is 285 g/mol. The number of thiazole rings is 1. The fourth-order valence-corrected chi connectivity index (χ4v) is 2.74. The standard InChI is InChI=1S/C16H12FNOS/c17-13-6-7-15-14(9-13)18-16(20-15)8-5-11-1-3-12(10-19)4-2-11/h1-9,19H,10H2. The van der Waals surface area contributed by atoms with E-state index in [0.717, 1.165) is 20.8 Å². The Bertz CT molecular complexity index is 762. The second kappa shape index (κ2) is 5.53. The van der Waals surface area contributed by atoms with Gasteiger partial charge in [0.1, 0.15) is 10.8 Å². The quantitative estimate of drug-likeness (QED) is 0.786. The third kappa shape index (κ3) is 2.76. The summed E-state index contributed by atoms with van der Waals surface area (Å²) in [5.74, 6) is -0.266. The van der Waals surface area contributed by atoms with Crippen LogP contribution in [0.4, 0.5) is 4.39 Å². The minimum absolute atomic E-state index is 0.0490. The Kier molecular flexibility index (Phi) is 3.58. The van der Waals surface area contributed by atoms with E-state index in [1.807, 2.05) is 36.4 Å². The number of halogens is 1. The topological polar surface area (TPSA) is 33.1 Å². The average molecular weight is 285 g/mol. The van der Waals surface area contributed by atoms with E-state index >= 15 is 0 Å². The second-order valence-corrected chi connectivity index (χ2v) is 5.46. The molecule has 20 heavy (non-hydrogen) atoms. The molecule has 0 amide bonds. The molecule has 1 N–H and O–H groups in total. The molecule has 0 radical (unpaired) electrons. The molecular formula is C16H12FNOS. The van der Waals surface area contributed by atoms with Crippen LogP contribution in [0, 0.1) is 5.82 Å². The summed E-state index contributed by atoms with van der Waals surface area (Å²) in [7, 11) is 0. The number of rotatable bonds is 3. The lowest BCUT2D eigenvalue weighted by Gasteiger charge is -1.96.